The third kappa shape index (κ3) is 4.99. The predicted octanol–water partition coefficient (Wildman–Crippen LogP) is 0.966. The summed E-state index contributed by atoms with van der Waals surface area (Å²) >= 11 is 0.706. The molecule has 3 N–H and O–H groups in total. The van der Waals surface area contributed by atoms with Gasteiger partial charge in [0.2, 0.25) is 5.91 Å². The highest BCUT2D eigenvalue weighted by Crippen LogP contribution is 2.32. The van der Waals surface area contributed by atoms with Gasteiger partial charge < -0.3 is 10.6 Å². The van der Waals surface area contributed by atoms with E-state index in [1.807, 2.05) is 0 Å². The lowest BCUT2D eigenvalue weighted by molar-refractivity contribution is -0.124. The Morgan fingerprint density at radius 2 is 2.00 bits per heavy atom. The van der Waals surface area contributed by atoms with E-state index in [0.717, 1.165) is 4.90 Å². The predicted molar refractivity (Wildman–Crippen MR) is 102 cm³/mol. The van der Waals surface area contributed by atoms with Crippen molar-refractivity contribution in [2.24, 2.45) is 0 Å². The Morgan fingerprint density at radius 1 is 1.24 bits per heavy atom. The molecule has 1 aromatic rings. The summed E-state index contributed by atoms with van der Waals surface area (Å²) in [5.74, 6) is -1.92. The van der Waals surface area contributed by atoms with Gasteiger partial charge in [-0.1, -0.05) is 18.2 Å². The third-order valence-electron chi connectivity index (χ3n) is 4.24. The second-order valence-corrected chi connectivity index (χ2v) is 7.25. The van der Waals surface area contributed by atoms with Crippen molar-refractivity contribution in [3.8, 4) is 0 Å². The summed E-state index contributed by atoms with van der Waals surface area (Å²) in [6, 6.07) is 4.55. The molecule has 2 heterocycles. The van der Waals surface area contributed by atoms with E-state index in [4.69, 9.17) is 0 Å². The highest BCUT2D eigenvalue weighted by atomic mass is 32.2. The van der Waals surface area contributed by atoms with Crippen LogP contribution in [0.1, 0.15) is 18.4 Å². The lowest BCUT2D eigenvalue weighted by atomic mass is 10.1. The number of amides is 6. The number of thioether (sulfide) groups is 1. The fourth-order valence-electron chi connectivity index (χ4n) is 2.76. The number of urea groups is 1. The van der Waals surface area contributed by atoms with E-state index in [1.165, 1.54) is 24.3 Å². The van der Waals surface area contributed by atoms with E-state index < -0.39 is 34.9 Å². The van der Waals surface area contributed by atoms with E-state index in [-0.39, 0.29) is 42.3 Å². The first-order chi connectivity index (χ1) is 13.8. The molecule has 6 amide bonds. The van der Waals surface area contributed by atoms with Crippen LogP contribution in [0.2, 0.25) is 0 Å². The standard InChI is InChI=1S/C18H17FN4O5S/c19-11-4-2-1-3-10(11)9-13-16(26)23(18(28)29-13)8-7-20-14(24)6-5-12-15(25)22-17(27)21-12/h1-4,9,12H,5-8H2,(H,20,24)(H2,21,22,25,27)/b13-9-. The molecule has 29 heavy (non-hydrogen) atoms. The van der Waals surface area contributed by atoms with Gasteiger partial charge in [-0.15, -0.1) is 0 Å². The smallest absolute Gasteiger partial charge is 0.322 e. The van der Waals surface area contributed by atoms with Gasteiger partial charge in [-0.05, 0) is 30.3 Å². The largest absolute Gasteiger partial charge is 0.354 e. The molecular weight excluding hydrogens is 403 g/mol. The third-order valence-corrected chi connectivity index (χ3v) is 5.15. The van der Waals surface area contributed by atoms with Gasteiger partial charge in [-0.25, -0.2) is 9.18 Å². The van der Waals surface area contributed by atoms with Crippen LogP contribution in [-0.2, 0) is 14.4 Å². The lowest BCUT2D eigenvalue weighted by Gasteiger charge is -2.13. The zero-order valence-corrected chi connectivity index (χ0v) is 15.9. The first kappa shape index (κ1) is 20.5. The number of nitrogens with one attached hydrogen (secondary N) is 3. The topological polar surface area (TPSA) is 125 Å². The number of carbonyl (C=O) groups excluding carboxylic acids is 5. The minimum absolute atomic E-state index is 0.00650. The molecular formula is C18H17FN4O5S. The van der Waals surface area contributed by atoms with E-state index in [0.29, 0.717) is 11.8 Å². The van der Waals surface area contributed by atoms with Gasteiger partial charge in [-0.2, -0.15) is 0 Å². The number of hydrogen-bond donors (Lipinski definition) is 3. The maximum atomic E-state index is 13.7. The van der Waals surface area contributed by atoms with Crippen LogP contribution in [0.15, 0.2) is 29.2 Å². The van der Waals surface area contributed by atoms with E-state index in [9.17, 15) is 28.4 Å². The average molecular weight is 420 g/mol. The summed E-state index contributed by atoms with van der Waals surface area (Å²) < 4.78 is 13.7. The number of rotatable bonds is 7. The lowest BCUT2D eigenvalue weighted by Crippen LogP contribution is -2.38. The SMILES string of the molecule is O=C(CCC1NC(=O)NC1=O)NCCN1C(=O)S/C(=C\c2ccccc2F)C1=O. The van der Waals surface area contributed by atoms with Crippen LogP contribution in [0.4, 0.5) is 14.0 Å². The van der Waals surface area contributed by atoms with Crippen LogP contribution in [0.5, 0.6) is 0 Å². The molecule has 2 saturated heterocycles. The van der Waals surface area contributed by atoms with Crippen molar-refractivity contribution in [2.75, 3.05) is 13.1 Å². The van der Waals surface area contributed by atoms with Crippen molar-refractivity contribution in [1.29, 1.82) is 0 Å². The summed E-state index contributed by atoms with van der Waals surface area (Å²) in [6.45, 7) is -0.00125. The normalized spacial score (nSPS) is 20.2. The molecule has 1 aromatic carbocycles. The fraction of sp³-hybridized carbons (Fsp3) is 0.278. The fourth-order valence-corrected chi connectivity index (χ4v) is 3.62. The Hall–Kier alpha value is -3.21. The number of hydrogen-bond acceptors (Lipinski definition) is 6. The van der Waals surface area contributed by atoms with Crippen LogP contribution < -0.4 is 16.0 Å². The minimum atomic E-state index is -0.752. The monoisotopic (exact) mass is 420 g/mol. The first-order valence-electron chi connectivity index (χ1n) is 8.73. The molecule has 0 bridgehead atoms. The molecule has 0 aromatic heterocycles. The Kier molecular flexibility index (Phi) is 6.27. The number of nitrogens with zero attached hydrogens (tertiary/aromatic N) is 1. The van der Waals surface area contributed by atoms with E-state index >= 15 is 0 Å². The molecule has 0 saturated carbocycles. The molecule has 9 nitrogen and oxygen atoms in total. The summed E-state index contributed by atoms with van der Waals surface area (Å²) in [6.07, 6.45) is 1.45. The molecule has 0 aliphatic carbocycles. The molecule has 3 rings (SSSR count). The second kappa shape index (κ2) is 8.86. The Balaban J connectivity index is 1.47. The zero-order chi connectivity index (χ0) is 21.0. The van der Waals surface area contributed by atoms with Crippen LogP contribution in [-0.4, -0.2) is 53.0 Å². The van der Waals surface area contributed by atoms with Crippen LogP contribution in [0, 0.1) is 5.82 Å². The minimum Gasteiger partial charge on any atom is -0.354 e. The quantitative estimate of drug-likeness (QED) is 0.446. The number of imide groups is 2. The van der Waals surface area contributed by atoms with E-state index in [2.05, 4.69) is 16.0 Å². The highest BCUT2D eigenvalue weighted by molar-refractivity contribution is 8.18. The van der Waals surface area contributed by atoms with Gasteiger partial charge in [0.25, 0.3) is 17.1 Å². The maximum Gasteiger partial charge on any atom is 0.322 e. The molecule has 2 aliphatic rings. The van der Waals surface area contributed by atoms with Crippen molar-refractivity contribution >= 4 is 46.8 Å². The highest BCUT2D eigenvalue weighted by Gasteiger charge is 2.35. The molecule has 2 fully saturated rings. The number of halogens is 1. The summed E-state index contributed by atoms with van der Waals surface area (Å²) in [5.41, 5.74) is 0.203. The van der Waals surface area contributed by atoms with Gasteiger partial charge in [0.15, 0.2) is 0 Å². The zero-order valence-electron chi connectivity index (χ0n) is 15.1. The maximum absolute atomic E-state index is 13.7. The van der Waals surface area contributed by atoms with Gasteiger partial charge in [0.05, 0.1) is 4.91 Å². The van der Waals surface area contributed by atoms with E-state index in [1.54, 1.807) is 6.07 Å². The second-order valence-electron chi connectivity index (χ2n) is 6.26. The van der Waals surface area contributed by atoms with Gasteiger partial charge >= 0.3 is 6.03 Å². The summed E-state index contributed by atoms with van der Waals surface area (Å²) in [7, 11) is 0. The molecule has 1 unspecified atom stereocenters. The number of carbonyl (C=O) groups is 5. The van der Waals surface area contributed by atoms with Gasteiger partial charge in [-0.3, -0.25) is 29.4 Å². The Morgan fingerprint density at radius 3 is 2.69 bits per heavy atom. The van der Waals surface area contributed by atoms with Crippen molar-refractivity contribution in [3.63, 3.8) is 0 Å². The summed E-state index contributed by atoms with van der Waals surface area (Å²) in [5, 5.41) is 6.51. The molecule has 11 heteroatoms. The Labute approximate surface area is 169 Å². The summed E-state index contributed by atoms with van der Waals surface area (Å²) in [4.78, 5) is 59.8. The Bertz CT molecular complexity index is 919. The van der Waals surface area contributed by atoms with Crippen molar-refractivity contribution < 1.29 is 28.4 Å². The van der Waals surface area contributed by atoms with Crippen LogP contribution >= 0.6 is 11.8 Å². The molecule has 2 aliphatic heterocycles. The van der Waals surface area contributed by atoms with Gasteiger partial charge in [0, 0.05) is 25.1 Å². The average Bonchev–Trinajstić information content (AvgIpc) is 3.14. The first-order valence-corrected chi connectivity index (χ1v) is 9.55. The van der Waals surface area contributed by atoms with Gasteiger partial charge in [0.1, 0.15) is 11.9 Å². The van der Waals surface area contributed by atoms with Crippen molar-refractivity contribution in [1.82, 2.24) is 20.9 Å². The van der Waals surface area contributed by atoms with Crippen molar-refractivity contribution in [3.05, 3.63) is 40.6 Å². The molecule has 0 radical (unpaired) electrons. The van der Waals surface area contributed by atoms with Crippen LogP contribution in [0.3, 0.4) is 0 Å². The van der Waals surface area contributed by atoms with Crippen LogP contribution in [0.25, 0.3) is 6.08 Å². The molecule has 1 atom stereocenters. The number of benzene rings is 1. The molecule has 0 spiro atoms. The molecule has 152 valence electrons. The van der Waals surface area contributed by atoms with Crippen molar-refractivity contribution in [2.45, 2.75) is 18.9 Å².